The molecular weight excluding hydrogens is 454 g/mol. The summed E-state index contributed by atoms with van der Waals surface area (Å²) in [5, 5.41) is 7.82. The van der Waals surface area contributed by atoms with Crippen LogP contribution in [0.4, 0.5) is 5.82 Å². The highest BCUT2D eigenvalue weighted by atomic mass is 16.5. The van der Waals surface area contributed by atoms with Gasteiger partial charge in [-0.2, -0.15) is 0 Å². The number of nitrogens with zero attached hydrogens (tertiary/aromatic N) is 4. The minimum Gasteiger partial charge on any atom is -0.472 e. The van der Waals surface area contributed by atoms with E-state index in [-0.39, 0.29) is 5.91 Å². The van der Waals surface area contributed by atoms with Crippen LogP contribution in [-0.4, -0.2) is 45.0 Å². The van der Waals surface area contributed by atoms with Crippen molar-refractivity contribution in [2.24, 2.45) is 5.92 Å². The highest BCUT2D eigenvalue weighted by Gasteiger charge is 2.29. The molecule has 1 amide bonds. The van der Waals surface area contributed by atoms with Gasteiger partial charge in [-0.25, -0.2) is 4.98 Å². The van der Waals surface area contributed by atoms with E-state index in [1.807, 2.05) is 65.7 Å². The van der Waals surface area contributed by atoms with Crippen LogP contribution in [0.1, 0.15) is 29.0 Å². The number of furan rings is 1. The van der Waals surface area contributed by atoms with Gasteiger partial charge in [0.25, 0.3) is 5.91 Å². The lowest BCUT2D eigenvalue weighted by molar-refractivity contribution is 0.0694. The zero-order valence-electron chi connectivity index (χ0n) is 20.1. The molecule has 0 bridgehead atoms. The second-order valence-corrected chi connectivity index (χ2v) is 9.19. The third kappa shape index (κ3) is 4.04. The summed E-state index contributed by atoms with van der Waals surface area (Å²) >= 11 is 0. The van der Waals surface area contributed by atoms with Gasteiger partial charge in [-0.15, -0.1) is 0 Å². The molecule has 1 fully saturated rings. The third-order valence-corrected chi connectivity index (χ3v) is 6.91. The van der Waals surface area contributed by atoms with Crippen molar-refractivity contribution in [3.05, 3.63) is 84.6 Å². The molecule has 0 saturated carbocycles. The number of imidazole rings is 1. The van der Waals surface area contributed by atoms with Gasteiger partial charge in [0.2, 0.25) is 0 Å². The molecule has 182 valence electrons. The third-order valence-electron chi connectivity index (χ3n) is 6.91. The van der Waals surface area contributed by atoms with Crippen molar-refractivity contribution >= 4 is 17.4 Å². The molecule has 1 aliphatic rings. The van der Waals surface area contributed by atoms with Crippen LogP contribution >= 0.6 is 0 Å². The summed E-state index contributed by atoms with van der Waals surface area (Å²) < 4.78 is 12.8. The zero-order chi connectivity index (χ0) is 24.5. The molecule has 1 N–H and O–H groups in total. The molecule has 0 aliphatic carbocycles. The Morgan fingerprint density at radius 3 is 2.61 bits per heavy atom. The van der Waals surface area contributed by atoms with Crippen molar-refractivity contribution in [3.63, 3.8) is 0 Å². The molecule has 1 aliphatic heterocycles. The number of piperidine rings is 1. The number of fused-ring (bicyclic) bond motifs is 1. The number of pyridine rings is 1. The van der Waals surface area contributed by atoms with Gasteiger partial charge in [0, 0.05) is 37.0 Å². The van der Waals surface area contributed by atoms with E-state index in [1.165, 1.54) is 0 Å². The van der Waals surface area contributed by atoms with Gasteiger partial charge in [-0.1, -0.05) is 41.6 Å². The monoisotopic (exact) mass is 481 g/mol. The number of likely N-dealkylation sites (tertiary alicyclic amines) is 1. The molecule has 36 heavy (non-hydrogen) atoms. The summed E-state index contributed by atoms with van der Waals surface area (Å²) in [4.78, 5) is 20.2. The van der Waals surface area contributed by atoms with E-state index in [0.29, 0.717) is 36.0 Å². The van der Waals surface area contributed by atoms with Crippen molar-refractivity contribution < 1.29 is 13.7 Å². The van der Waals surface area contributed by atoms with E-state index < -0.39 is 0 Å². The van der Waals surface area contributed by atoms with E-state index in [0.717, 1.165) is 47.7 Å². The quantitative estimate of drug-likeness (QED) is 0.343. The summed E-state index contributed by atoms with van der Waals surface area (Å²) in [5.74, 6) is 1.95. The van der Waals surface area contributed by atoms with E-state index in [1.54, 1.807) is 19.5 Å². The first-order chi connectivity index (χ1) is 17.7. The first kappa shape index (κ1) is 22.2. The van der Waals surface area contributed by atoms with Gasteiger partial charge in [0.1, 0.15) is 34.2 Å². The van der Waals surface area contributed by atoms with E-state index in [9.17, 15) is 4.79 Å². The maximum absolute atomic E-state index is 13.4. The van der Waals surface area contributed by atoms with Crippen LogP contribution in [0.15, 0.2) is 82.3 Å². The SMILES string of the molecule is Cc1onc(-c2ccccc2)c1C(=O)N1CCC(CNc2c(-c3ccoc3)nc3ccccn23)CC1. The Bertz CT molecular complexity index is 1480. The van der Waals surface area contributed by atoms with E-state index in [2.05, 4.69) is 14.9 Å². The summed E-state index contributed by atoms with van der Waals surface area (Å²) in [7, 11) is 0. The number of aryl methyl sites for hydroxylation is 1. The van der Waals surface area contributed by atoms with Crippen molar-refractivity contribution in [2.75, 3.05) is 25.0 Å². The smallest absolute Gasteiger partial charge is 0.259 e. The van der Waals surface area contributed by atoms with Gasteiger partial charge in [0.05, 0.1) is 12.5 Å². The number of hydrogen-bond donors (Lipinski definition) is 1. The van der Waals surface area contributed by atoms with Crippen LogP contribution in [0.3, 0.4) is 0 Å². The van der Waals surface area contributed by atoms with Crippen molar-refractivity contribution in [1.29, 1.82) is 0 Å². The molecule has 0 atom stereocenters. The summed E-state index contributed by atoms with van der Waals surface area (Å²) in [6, 6.07) is 17.6. The van der Waals surface area contributed by atoms with E-state index in [4.69, 9.17) is 13.9 Å². The fourth-order valence-corrected chi connectivity index (χ4v) is 4.92. The van der Waals surface area contributed by atoms with Crippen LogP contribution in [0.5, 0.6) is 0 Å². The largest absolute Gasteiger partial charge is 0.472 e. The molecule has 5 heterocycles. The molecule has 5 aromatic rings. The molecule has 0 radical (unpaired) electrons. The molecule has 1 aromatic carbocycles. The van der Waals surface area contributed by atoms with Crippen molar-refractivity contribution in [2.45, 2.75) is 19.8 Å². The number of anilines is 1. The molecule has 4 aromatic heterocycles. The summed E-state index contributed by atoms with van der Waals surface area (Å²) in [6.45, 7) is 4.01. The summed E-state index contributed by atoms with van der Waals surface area (Å²) in [5.41, 5.74) is 4.77. The molecule has 1 saturated heterocycles. The Balaban J connectivity index is 1.14. The van der Waals surface area contributed by atoms with Crippen molar-refractivity contribution in [1.82, 2.24) is 19.4 Å². The first-order valence-corrected chi connectivity index (χ1v) is 12.2. The predicted octanol–water partition coefficient (Wildman–Crippen LogP) is 5.52. The van der Waals surface area contributed by atoms with Gasteiger partial charge >= 0.3 is 0 Å². The standard InChI is InChI=1S/C28H27N5O3/c1-19-24(25(31-36-19)21-7-3-2-4-8-21)28(34)32-14-10-20(11-15-32)17-29-27-26(22-12-16-35-18-22)30-23-9-5-6-13-33(23)27/h2-9,12-13,16,18,20,29H,10-11,14-15,17H2,1H3. The van der Waals surface area contributed by atoms with Gasteiger partial charge in [-0.3, -0.25) is 9.20 Å². The van der Waals surface area contributed by atoms with Crippen LogP contribution in [0, 0.1) is 12.8 Å². The molecule has 8 nitrogen and oxygen atoms in total. The topological polar surface area (TPSA) is 88.8 Å². The minimum atomic E-state index is -0.0111. The normalized spacial score (nSPS) is 14.4. The zero-order valence-corrected chi connectivity index (χ0v) is 20.1. The number of rotatable bonds is 6. The lowest BCUT2D eigenvalue weighted by Gasteiger charge is -2.32. The number of amides is 1. The fourth-order valence-electron chi connectivity index (χ4n) is 4.92. The maximum atomic E-state index is 13.4. The highest BCUT2D eigenvalue weighted by molar-refractivity contribution is 6.00. The second kappa shape index (κ2) is 9.37. The molecular formula is C28H27N5O3. The number of hydrogen-bond acceptors (Lipinski definition) is 6. The van der Waals surface area contributed by atoms with Gasteiger partial charge < -0.3 is 19.2 Å². The average Bonchev–Trinajstić information content (AvgIpc) is 3.66. The van der Waals surface area contributed by atoms with Crippen LogP contribution < -0.4 is 5.32 Å². The van der Waals surface area contributed by atoms with Gasteiger partial charge in [0.15, 0.2) is 0 Å². The molecule has 6 rings (SSSR count). The number of carbonyl (C=O) groups is 1. The predicted molar refractivity (Wildman–Crippen MR) is 137 cm³/mol. The number of benzene rings is 1. The lowest BCUT2D eigenvalue weighted by Crippen LogP contribution is -2.40. The van der Waals surface area contributed by atoms with Crippen LogP contribution in [0.2, 0.25) is 0 Å². The number of carbonyl (C=O) groups excluding carboxylic acids is 1. The van der Waals surface area contributed by atoms with Crippen LogP contribution in [0.25, 0.3) is 28.2 Å². The average molecular weight is 482 g/mol. The first-order valence-electron chi connectivity index (χ1n) is 12.2. The Morgan fingerprint density at radius 2 is 1.83 bits per heavy atom. The minimum absolute atomic E-state index is 0.0111. The van der Waals surface area contributed by atoms with E-state index >= 15 is 0 Å². The Morgan fingerprint density at radius 1 is 1.03 bits per heavy atom. The Labute approximate surface area is 208 Å². The molecule has 8 heteroatoms. The fraction of sp³-hybridized carbons (Fsp3) is 0.250. The van der Waals surface area contributed by atoms with Crippen molar-refractivity contribution in [3.8, 4) is 22.5 Å². The lowest BCUT2D eigenvalue weighted by atomic mass is 9.95. The van der Waals surface area contributed by atoms with Crippen LogP contribution in [-0.2, 0) is 0 Å². The Hall–Kier alpha value is -4.33. The number of nitrogens with one attached hydrogen (secondary N) is 1. The molecule has 0 spiro atoms. The second-order valence-electron chi connectivity index (χ2n) is 9.19. The van der Waals surface area contributed by atoms with Gasteiger partial charge in [-0.05, 0) is 43.9 Å². The maximum Gasteiger partial charge on any atom is 0.259 e. The highest BCUT2D eigenvalue weighted by Crippen LogP contribution is 2.31. The molecule has 0 unspecified atom stereocenters. The Kier molecular flexibility index (Phi) is 5.77. The number of aromatic nitrogens is 3. The summed E-state index contributed by atoms with van der Waals surface area (Å²) in [6.07, 6.45) is 7.23.